The summed E-state index contributed by atoms with van der Waals surface area (Å²) in [7, 11) is 0. The molecule has 122 valence electrons. The molecule has 0 radical (unpaired) electrons. The minimum atomic E-state index is -0.309. The highest BCUT2D eigenvalue weighted by Crippen LogP contribution is 2.44. The van der Waals surface area contributed by atoms with Gasteiger partial charge in [-0.15, -0.1) is 0 Å². The molecule has 5 aliphatic rings. The molecule has 0 spiro atoms. The maximum Gasteiger partial charge on any atom is 0.411 e. The minimum absolute atomic E-state index is 0.0977. The third kappa shape index (κ3) is 2.38. The van der Waals surface area contributed by atoms with Crippen LogP contribution in [0.4, 0.5) is 10.5 Å². The summed E-state index contributed by atoms with van der Waals surface area (Å²) in [6, 6.07) is 5.80. The number of rotatable bonds is 2. The molecule has 4 fully saturated rings. The number of fused-ring (bicyclic) bond motifs is 1. The van der Waals surface area contributed by atoms with Crippen molar-refractivity contribution in [2.75, 3.05) is 31.6 Å². The summed E-state index contributed by atoms with van der Waals surface area (Å²) in [5.41, 5.74) is 1.96. The molecular weight excluding hydrogens is 292 g/mol. The van der Waals surface area contributed by atoms with Gasteiger partial charge in [0.1, 0.15) is 11.9 Å². The number of hydrogen-bond acceptors (Lipinski definition) is 4. The average Bonchev–Trinajstić information content (AvgIpc) is 2.98. The van der Waals surface area contributed by atoms with Crippen molar-refractivity contribution >= 4 is 11.8 Å². The largest absolute Gasteiger partial charge is 0.493 e. The SMILES string of the molecule is O=C(Nc1ccc2c(c1)CCO2)OC1C2CC3CC1CN(C3)C2. The third-order valence-electron chi connectivity index (χ3n) is 5.88. The van der Waals surface area contributed by atoms with Gasteiger partial charge in [-0.25, -0.2) is 4.79 Å². The van der Waals surface area contributed by atoms with E-state index in [2.05, 4.69) is 10.2 Å². The van der Waals surface area contributed by atoms with Gasteiger partial charge < -0.3 is 14.4 Å². The zero-order valence-electron chi connectivity index (χ0n) is 13.2. The van der Waals surface area contributed by atoms with E-state index < -0.39 is 0 Å². The van der Waals surface area contributed by atoms with E-state index in [1.54, 1.807) is 0 Å². The van der Waals surface area contributed by atoms with Crippen LogP contribution in [0.1, 0.15) is 18.4 Å². The van der Waals surface area contributed by atoms with Crippen LogP contribution in [0, 0.1) is 17.8 Å². The second-order valence-corrected chi connectivity index (χ2v) is 7.49. The van der Waals surface area contributed by atoms with Gasteiger partial charge in [-0.1, -0.05) is 0 Å². The predicted octanol–water partition coefficient (Wildman–Crippen LogP) is 2.51. The number of carbonyl (C=O) groups is 1. The summed E-state index contributed by atoms with van der Waals surface area (Å²) in [5, 5.41) is 2.90. The maximum absolute atomic E-state index is 12.3. The Morgan fingerprint density at radius 1 is 1.22 bits per heavy atom. The molecule has 3 saturated heterocycles. The number of nitrogens with zero attached hydrogens (tertiary/aromatic N) is 1. The van der Waals surface area contributed by atoms with Crippen LogP contribution in [0.2, 0.25) is 0 Å². The van der Waals surface area contributed by atoms with E-state index in [0.29, 0.717) is 11.8 Å². The van der Waals surface area contributed by atoms with Gasteiger partial charge in [-0.2, -0.15) is 0 Å². The first-order chi connectivity index (χ1) is 11.2. The van der Waals surface area contributed by atoms with Crippen LogP contribution in [-0.2, 0) is 11.2 Å². The molecule has 5 nitrogen and oxygen atoms in total. The van der Waals surface area contributed by atoms with E-state index in [0.717, 1.165) is 49.0 Å². The molecule has 1 N–H and O–H groups in total. The first kappa shape index (κ1) is 13.7. The van der Waals surface area contributed by atoms with Gasteiger partial charge in [-0.3, -0.25) is 5.32 Å². The summed E-state index contributed by atoms with van der Waals surface area (Å²) < 4.78 is 11.3. The Morgan fingerprint density at radius 2 is 2.04 bits per heavy atom. The smallest absolute Gasteiger partial charge is 0.411 e. The Bertz CT molecular complexity index is 617. The lowest BCUT2D eigenvalue weighted by molar-refractivity contribution is -0.110. The molecule has 1 saturated carbocycles. The van der Waals surface area contributed by atoms with Crippen LogP contribution in [-0.4, -0.2) is 43.3 Å². The third-order valence-corrected chi connectivity index (χ3v) is 5.88. The standard InChI is InChI=1S/C18H22N2O3/c21-18(19-15-1-2-16-12(7-15)3-4-22-16)23-17-13-5-11-6-14(17)10-20(8-11)9-13/h1-2,7,11,13-14,17H,3-6,8-10H2,(H,19,21). The van der Waals surface area contributed by atoms with Crippen LogP contribution in [0.25, 0.3) is 0 Å². The monoisotopic (exact) mass is 314 g/mol. The molecule has 6 rings (SSSR count). The van der Waals surface area contributed by atoms with Crippen LogP contribution in [0.15, 0.2) is 18.2 Å². The number of benzene rings is 1. The lowest BCUT2D eigenvalue weighted by Crippen LogP contribution is -2.61. The zero-order valence-corrected chi connectivity index (χ0v) is 13.2. The number of piperidine rings is 3. The molecule has 4 heterocycles. The number of nitrogens with one attached hydrogen (secondary N) is 1. The van der Waals surface area contributed by atoms with Crippen molar-refractivity contribution < 1.29 is 14.3 Å². The first-order valence-corrected chi connectivity index (χ1v) is 8.70. The summed E-state index contributed by atoms with van der Waals surface area (Å²) in [5.74, 6) is 2.81. The summed E-state index contributed by atoms with van der Waals surface area (Å²) in [6.45, 7) is 4.18. The molecule has 4 bridgehead atoms. The van der Waals surface area contributed by atoms with E-state index in [1.807, 2.05) is 18.2 Å². The van der Waals surface area contributed by atoms with E-state index in [1.165, 1.54) is 19.4 Å². The summed E-state index contributed by atoms with van der Waals surface area (Å²) in [4.78, 5) is 14.9. The van der Waals surface area contributed by atoms with Crippen molar-refractivity contribution in [3.63, 3.8) is 0 Å². The summed E-state index contributed by atoms with van der Waals surface area (Å²) in [6.07, 6.45) is 3.14. The van der Waals surface area contributed by atoms with Crippen LogP contribution < -0.4 is 10.1 Å². The molecular formula is C18H22N2O3. The number of ether oxygens (including phenoxy) is 2. The van der Waals surface area contributed by atoms with Crippen molar-refractivity contribution in [3.05, 3.63) is 23.8 Å². The molecule has 1 aliphatic carbocycles. The maximum atomic E-state index is 12.3. The van der Waals surface area contributed by atoms with Crippen LogP contribution in [0.5, 0.6) is 5.75 Å². The Hall–Kier alpha value is -1.75. The first-order valence-electron chi connectivity index (χ1n) is 8.70. The number of amides is 1. The van der Waals surface area contributed by atoms with Gasteiger partial charge >= 0.3 is 6.09 Å². The van der Waals surface area contributed by atoms with E-state index in [-0.39, 0.29) is 12.2 Å². The fraction of sp³-hybridized carbons (Fsp3) is 0.611. The van der Waals surface area contributed by atoms with Gasteiger partial charge in [-0.05, 0) is 42.5 Å². The Labute approximate surface area is 135 Å². The predicted molar refractivity (Wildman–Crippen MR) is 85.7 cm³/mol. The van der Waals surface area contributed by atoms with E-state index in [4.69, 9.17) is 9.47 Å². The number of carbonyl (C=O) groups excluding carboxylic acids is 1. The fourth-order valence-corrected chi connectivity index (χ4v) is 5.09. The highest BCUT2D eigenvalue weighted by molar-refractivity contribution is 5.85. The van der Waals surface area contributed by atoms with Crippen molar-refractivity contribution in [2.45, 2.75) is 25.4 Å². The molecule has 5 heteroatoms. The lowest BCUT2D eigenvalue weighted by atomic mass is 9.66. The second kappa shape index (κ2) is 5.13. The van der Waals surface area contributed by atoms with E-state index >= 15 is 0 Å². The van der Waals surface area contributed by atoms with E-state index in [9.17, 15) is 4.79 Å². The average molecular weight is 314 g/mol. The molecule has 0 aromatic heterocycles. The lowest BCUT2D eigenvalue weighted by Gasteiger charge is -2.54. The Kier molecular flexibility index (Phi) is 3.05. The molecule has 23 heavy (non-hydrogen) atoms. The van der Waals surface area contributed by atoms with Crippen molar-refractivity contribution in [1.82, 2.24) is 4.90 Å². The van der Waals surface area contributed by atoms with Crippen molar-refractivity contribution in [2.24, 2.45) is 17.8 Å². The van der Waals surface area contributed by atoms with Crippen molar-refractivity contribution in [3.8, 4) is 5.75 Å². The van der Waals surface area contributed by atoms with Gasteiger partial charge in [0, 0.05) is 43.6 Å². The van der Waals surface area contributed by atoms with Gasteiger partial charge in [0.15, 0.2) is 0 Å². The number of hydrogen-bond donors (Lipinski definition) is 1. The molecule has 2 unspecified atom stereocenters. The van der Waals surface area contributed by atoms with Gasteiger partial charge in [0.2, 0.25) is 0 Å². The molecule has 4 aliphatic heterocycles. The molecule has 2 atom stereocenters. The highest BCUT2D eigenvalue weighted by Gasteiger charge is 2.49. The quantitative estimate of drug-likeness (QED) is 0.911. The molecule has 1 amide bonds. The highest BCUT2D eigenvalue weighted by atomic mass is 16.6. The molecule has 1 aromatic carbocycles. The Balaban J connectivity index is 1.25. The topological polar surface area (TPSA) is 50.8 Å². The van der Waals surface area contributed by atoms with Crippen LogP contribution >= 0.6 is 0 Å². The fourth-order valence-electron chi connectivity index (χ4n) is 5.09. The second-order valence-electron chi connectivity index (χ2n) is 7.49. The minimum Gasteiger partial charge on any atom is -0.493 e. The Morgan fingerprint density at radius 3 is 2.83 bits per heavy atom. The normalized spacial score (nSPS) is 36.4. The van der Waals surface area contributed by atoms with Gasteiger partial charge in [0.25, 0.3) is 0 Å². The van der Waals surface area contributed by atoms with Crippen LogP contribution in [0.3, 0.4) is 0 Å². The molecule has 1 aromatic rings. The number of anilines is 1. The summed E-state index contributed by atoms with van der Waals surface area (Å²) >= 11 is 0. The van der Waals surface area contributed by atoms with Crippen molar-refractivity contribution in [1.29, 1.82) is 0 Å². The zero-order chi connectivity index (χ0) is 15.4. The van der Waals surface area contributed by atoms with Gasteiger partial charge in [0.05, 0.1) is 6.61 Å².